The second-order valence-corrected chi connectivity index (χ2v) is 5.10. The Balaban J connectivity index is 2.13. The Hall–Kier alpha value is -0.0800. The molecule has 1 nitrogen and oxygen atoms in total. The van der Waals surface area contributed by atoms with Crippen LogP contribution in [0.4, 0.5) is 0 Å². The maximum Gasteiger partial charge on any atom is 0.0621 e. The molecule has 1 aromatic heterocycles. The summed E-state index contributed by atoms with van der Waals surface area (Å²) >= 11 is 9.70. The summed E-state index contributed by atoms with van der Waals surface area (Å²) in [6, 6.07) is 2.03. The van der Waals surface area contributed by atoms with Gasteiger partial charge in [-0.1, -0.05) is 34.0 Å². The van der Waals surface area contributed by atoms with Crippen molar-refractivity contribution < 1.29 is 0 Å². The fourth-order valence-electron chi connectivity index (χ4n) is 1.99. The molecule has 0 bridgehead atoms. The molecule has 76 valence electrons. The minimum absolute atomic E-state index is 0.463. The molecule has 2 rings (SSSR count). The Bertz CT molecular complexity index is 317. The zero-order valence-electron chi connectivity index (χ0n) is 7.97. The molecule has 0 aliphatic heterocycles. The Labute approximate surface area is 98.0 Å². The fraction of sp³-hybridized carbons (Fsp3) is 0.545. The van der Waals surface area contributed by atoms with Gasteiger partial charge in [0.2, 0.25) is 0 Å². The predicted octanol–water partition coefficient (Wildman–Crippen LogP) is 3.84. The lowest BCUT2D eigenvalue weighted by Gasteiger charge is -2.40. The molecule has 3 heteroatoms. The predicted molar refractivity (Wildman–Crippen MR) is 63.0 cm³/mol. The second-order valence-electron chi connectivity index (χ2n) is 4.13. The molecule has 0 atom stereocenters. The van der Waals surface area contributed by atoms with Gasteiger partial charge in [-0.2, -0.15) is 0 Å². The Morgan fingerprint density at radius 2 is 2.29 bits per heavy atom. The molecule has 1 heterocycles. The molecule has 0 saturated heterocycles. The SMILES string of the molecule is Clc1cnccc1CC1(CBr)CCC1. The average molecular weight is 275 g/mol. The maximum atomic E-state index is 6.09. The Kier molecular flexibility index (Phi) is 3.13. The Morgan fingerprint density at radius 1 is 1.50 bits per heavy atom. The van der Waals surface area contributed by atoms with Crippen LogP contribution in [0.25, 0.3) is 0 Å². The first-order valence-corrected chi connectivity index (χ1v) is 6.40. The summed E-state index contributed by atoms with van der Waals surface area (Å²) in [4.78, 5) is 4.00. The van der Waals surface area contributed by atoms with Crippen molar-refractivity contribution in [3.8, 4) is 0 Å². The minimum Gasteiger partial charge on any atom is -0.263 e. The van der Waals surface area contributed by atoms with Gasteiger partial charge in [0, 0.05) is 17.7 Å². The van der Waals surface area contributed by atoms with Crippen molar-refractivity contribution in [1.82, 2.24) is 4.98 Å². The lowest BCUT2D eigenvalue weighted by molar-refractivity contribution is 0.170. The third kappa shape index (κ3) is 1.96. The molecular formula is C11H13BrClN. The van der Waals surface area contributed by atoms with Crippen LogP contribution in [0, 0.1) is 5.41 Å². The van der Waals surface area contributed by atoms with Gasteiger partial charge in [0.15, 0.2) is 0 Å². The largest absolute Gasteiger partial charge is 0.263 e. The Morgan fingerprint density at radius 3 is 2.79 bits per heavy atom. The van der Waals surface area contributed by atoms with E-state index in [1.807, 2.05) is 12.3 Å². The minimum atomic E-state index is 0.463. The quantitative estimate of drug-likeness (QED) is 0.763. The van der Waals surface area contributed by atoms with Gasteiger partial charge in [-0.15, -0.1) is 0 Å². The number of aromatic nitrogens is 1. The highest BCUT2D eigenvalue weighted by Gasteiger charge is 2.36. The summed E-state index contributed by atoms with van der Waals surface area (Å²) < 4.78 is 0. The van der Waals surface area contributed by atoms with Crippen molar-refractivity contribution in [1.29, 1.82) is 0 Å². The summed E-state index contributed by atoms with van der Waals surface area (Å²) in [6.07, 6.45) is 8.63. The number of hydrogen-bond donors (Lipinski definition) is 0. The molecule has 14 heavy (non-hydrogen) atoms. The van der Waals surface area contributed by atoms with Gasteiger partial charge >= 0.3 is 0 Å². The number of nitrogens with zero attached hydrogens (tertiary/aromatic N) is 1. The number of rotatable bonds is 3. The number of halogens is 2. The summed E-state index contributed by atoms with van der Waals surface area (Å²) in [5.74, 6) is 0. The molecule has 1 fully saturated rings. The standard InChI is InChI=1S/C11H13BrClN/c12-8-11(3-1-4-11)6-9-2-5-14-7-10(9)13/h2,5,7H,1,3-4,6,8H2. The monoisotopic (exact) mass is 273 g/mol. The molecule has 1 aliphatic carbocycles. The van der Waals surface area contributed by atoms with Gasteiger partial charge in [0.05, 0.1) is 5.02 Å². The van der Waals surface area contributed by atoms with Crippen molar-refractivity contribution in [2.24, 2.45) is 5.41 Å². The van der Waals surface area contributed by atoms with Gasteiger partial charge in [0.25, 0.3) is 0 Å². The third-order valence-electron chi connectivity index (χ3n) is 3.12. The molecule has 0 unspecified atom stereocenters. The molecule has 1 saturated carbocycles. The molecule has 0 amide bonds. The molecular weight excluding hydrogens is 261 g/mol. The third-order valence-corrected chi connectivity index (χ3v) is 4.65. The van der Waals surface area contributed by atoms with Gasteiger partial charge in [-0.05, 0) is 36.3 Å². The zero-order valence-corrected chi connectivity index (χ0v) is 10.3. The zero-order chi connectivity index (χ0) is 10.0. The smallest absolute Gasteiger partial charge is 0.0621 e. The van der Waals surface area contributed by atoms with E-state index in [0.29, 0.717) is 5.41 Å². The van der Waals surface area contributed by atoms with Gasteiger partial charge in [-0.25, -0.2) is 0 Å². The van der Waals surface area contributed by atoms with Crippen LogP contribution in [-0.4, -0.2) is 10.3 Å². The van der Waals surface area contributed by atoms with Crippen LogP contribution in [-0.2, 0) is 6.42 Å². The van der Waals surface area contributed by atoms with E-state index in [1.165, 1.54) is 24.8 Å². The van der Waals surface area contributed by atoms with Crippen LogP contribution < -0.4 is 0 Å². The second kappa shape index (κ2) is 4.19. The molecule has 1 aromatic rings. The fourth-order valence-corrected chi connectivity index (χ4v) is 2.93. The van der Waals surface area contributed by atoms with Crippen molar-refractivity contribution >= 4 is 27.5 Å². The van der Waals surface area contributed by atoms with E-state index in [0.717, 1.165) is 16.8 Å². The van der Waals surface area contributed by atoms with Crippen molar-refractivity contribution in [3.05, 3.63) is 29.0 Å². The number of alkyl halides is 1. The van der Waals surface area contributed by atoms with E-state index in [-0.39, 0.29) is 0 Å². The number of hydrogen-bond acceptors (Lipinski definition) is 1. The normalized spacial score (nSPS) is 19.0. The van der Waals surface area contributed by atoms with Crippen LogP contribution in [0.3, 0.4) is 0 Å². The van der Waals surface area contributed by atoms with E-state index in [1.54, 1.807) is 6.20 Å². The topological polar surface area (TPSA) is 12.9 Å². The maximum absolute atomic E-state index is 6.09. The van der Waals surface area contributed by atoms with Gasteiger partial charge in [-0.3, -0.25) is 4.98 Å². The van der Waals surface area contributed by atoms with Crippen molar-refractivity contribution in [3.63, 3.8) is 0 Å². The van der Waals surface area contributed by atoms with E-state index in [2.05, 4.69) is 20.9 Å². The molecule has 1 aliphatic rings. The van der Waals surface area contributed by atoms with Crippen molar-refractivity contribution in [2.75, 3.05) is 5.33 Å². The van der Waals surface area contributed by atoms with Crippen molar-refractivity contribution in [2.45, 2.75) is 25.7 Å². The summed E-state index contributed by atoms with van der Waals surface area (Å²) in [5, 5.41) is 1.89. The first-order chi connectivity index (χ1) is 6.76. The highest BCUT2D eigenvalue weighted by atomic mass is 79.9. The number of pyridine rings is 1. The van der Waals surface area contributed by atoms with Gasteiger partial charge in [0.1, 0.15) is 0 Å². The van der Waals surface area contributed by atoms with Crippen LogP contribution in [0.2, 0.25) is 5.02 Å². The summed E-state index contributed by atoms with van der Waals surface area (Å²) in [5.41, 5.74) is 1.70. The molecule has 0 radical (unpaired) electrons. The van der Waals surface area contributed by atoms with Crippen LogP contribution in [0.1, 0.15) is 24.8 Å². The van der Waals surface area contributed by atoms with E-state index in [4.69, 9.17) is 11.6 Å². The summed E-state index contributed by atoms with van der Waals surface area (Å²) in [7, 11) is 0. The highest BCUT2D eigenvalue weighted by molar-refractivity contribution is 9.09. The first-order valence-electron chi connectivity index (χ1n) is 4.90. The molecule has 0 spiro atoms. The van der Waals surface area contributed by atoms with Crippen LogP contribution >= 0.6 is 27.5 Å². The van der Waals surface area contributed by atoms with E-state index in [9.17, 15) is 0 Å². The van der Waals surface area contributed by atoms with Crippen LogP contribution in [0.15, 0.2) is 18.5 Å². The van der Waals surface area contributed by atoms with E-state index < -0.39 is 0 Å². The average Bonchev–Trinajstić information content (AvgIpc) is 2.14. The summed E-state index contributed by atoms with van der Waals surface area (Å²) in [6.45, 7) is 0. The van der Waals surface area contributed by atoms with Gasteiger partial charge < -0.3 is 0 Å². The van der Waals surface area contributed by atoms with E-state index >= 15 is 0 Å². The molecule has 0 N–H and O–H groups in total. The highest BCUT2D eigenvalue weighted by Crippen LogP contribution is 2.45. The molecule has 0 aromatic carbocycles. The van der Waals surface area contributed by atoms with Crippen LogP contribution in [0.5, 0.6) is 0 Å². The lowest BCUT2D eigenvalue weighted by Crippen LogP contribution is -2.33. The first kappa shape index (κ1) is 10.4. The lowest BCUT2D eigenvalue weighted by atomic mass is 9.67.